The molecule has 0 N–H and O–H groups in total. The minimum Gasteiger partial charge on any atom is -0.481 e. The van der Waals surface area contributed by atoms with Gasteiger partial charge in [-0.15, -0.1) is 0 Å². The van der Waals surface area contributed by atoms with Crippen molar-refractivity contribution in [2.75, 3.05) is 37.5 Å². The summed E-state index contributed by atoms with van der Waals surface area (Å²) in [5.74, 6) is 1.69. The molecule has 0 bridgehead atoms. The molecule has 0 aromatic carbocycles. The molecule has 0 amide bonds. The van der Waals surface area contributed by atoms with Gasteiger partial charge in [0.2, 0.25) is 17.7 Å². The molecule has 0 saturated carbocycles. The molecule has 0 fully saturated rings. The Morgan fingerprint density at radius 2 is 1.78 bits per heavy atom. The summed E-state index contributed by atoms with van der Waals surface area (Å²) >= 11 is 3.45. The van der Waals surface area contributed by atoms with Crippen molar-refractivity contribution in [3.05, 3.63) is 6.07 Å². The molecule has 102 valence electrons. The Morgan fingerprint density at radius 1 is 1.17 bits per heavy atom. The van der Waals surface area contributed by atoms with E-state index in [1.54, 1.807) is 20.3 Å². The maximum atomic E-state index is 5.16. The molecule has 0 atom stereocenters. The number of methoxy groups -OCH3 is 2. The second kappa shape index (κ2) is 8.13. The van der Waals surface area contributed by atoms with E-state index in [9.17, 15) is 0 Å². The van der Waals surface area contributed by atoms with Crippen LogP contribution in [0.1, 0.15) is 19.8 Å². The zero-order valence-electron chi connectivity index (χ0n) is 11.1. The van der Waals surface area contributed by atoms with E-state index in [0.29, 0.717) is 17.7 Å². The van der Waals surface area contributed by atoms with Crippen LogP contribution in [0.15, 0.2) is 6.07 Å². The first-order valence-corrected chi connectivity index (χ1v) is 7.15. The highest BCUT2D eigenvalue weighted by Crippen LogP contribution is 2.20. The lowest BCUT2D eigenvalue weighted by Gasteiger charge is -2.22. The van der Waals surface area contributed by atoms with Gasteiger partial charge in [0.15, 0.2) is 0 Å². The van der Waals surface area contributed by atoms with Crippen LogP contribution in [0.4, 0.5) is 5.95 Å². The van der Waals surface area contributed by atoms with E-state index < -0.39 is 0 Å². The van der Waals surface area contributed by atoms with Crippen molar-refractivity contribution in [3.63, 3.8) is 0 Å². The van der Waals surface area contributed by atoms with Gasteiger partial charge in [0.1, 0.15) is 0 Å². The van der Waals surface area contributed by atoms with Crippen LogP contribution in [0.5, 0.6) is 11.8 Å². The maximum absolute atomic E-state index is 5.16. The van der Waals surface area contributed by atoms with Gasteiger partial charge < -0.3 is 14.4 Å². The normalized spacial score (nSPS) is 10.2. The Balaban J connectivity index is 2.93. The molecule has 1 aromatic rings. The van der Waals surface area contributed by atoms with Gasteiger partial charge in [-0.25, -0.2) is 0 Å². The molecule has 18 heavy (non-hydrogen) atoms. The Hall–Kier alpha value is -1.04. The van der Waals surface area contributed by atoms with Crippen LogP contribution in [0.25, 0.3) is 0 Å². The molecule has 0 spiro atoms. The fraction of sp³-hybridized carbons (Fsp3) is 0.667. The third-order valence-electron chi connectivity index (χ3n) is 2.50. The third-order valence-corrected chi connectivity index (χ3v) is 2.86. The lowest BCUT2D eigenvalue weighted by molar-refractivity contribution is 0.371. The van der Waals surface area contributed by atoms with E-state index in [1.807, 2.05) is 0 Å². The predicted molar refractivity (Wildman–Crippen MR) is 76.1 cm³/mol. The molecular weight excluding hydrogens is 298 g/mol. The topological polar surface area (TPSA) is 47.5 Å². The first kappa shape index (κ1) is 15.0. The highest BCUT2D eigenvalue weighted by molar-refractivity contribution is 9.09. The van der Waals surface area contributed by atoms with Gasteiger partial charge in [-0.2, -0.15) is 9.97 Å². The van der Waals surface area contributed by atoms with Gasteiger partial charge in [0.05, 0.1) is 20.3 Å². The van der Waals surface area contributed by atoms with Crippen molar-refractivity contribution in [3.8, 4) is 11.8 Å². The lowest BCUT2D eigenvalue weighted by Crippen LogP contribution is -2.28. The Bertz CT molecular complexity index is 341. The van der Waals surface area contributed by atoms with Crippen LogP contribution in [0.3, 0.4) is 0 Å². The van der Waals surface area contributed by atoms with Crippen LogP contribution in [0.2, 0.25) is 0 Å². The summed E-state index contributed by atoms with van der Waals surface area (Å²) in [5, 5.41) is 0.875. The van der Waals surface area contributed by atoms with Crippen molar-refractivity contribution >= 4 is 21.9 Å². The number of hydrogen-bond acceptors (Lipinski definition) is 5. The van der Waals surface area contributed by atoms with Crippen LogP contribution >= 0.6 is 15.9 Å². The molecule has 1 heterocycles. The van der Waals surface area contributed by atoms with Gasteiger partial charge in [-0.3, -0.25) is 0 Å². The van der Waals surface area contributed by atoms with E-state index in [0.717, 1.165) is 31.3 Å². The smallest absolute Gasteiger partial charge is 0.231 e. The molecule has 0 aliphatic carbocycles. The van der Waals surface area contributed by atoms with Gasteiger partial charge in [0, 0.05) is 18.4 Å². The van der Waals surface area contributed by atoms with Gasteiger partial charge in [0.25, 0.3) is 0 Å². The number of nitrogens with zero attached hydrogens (tertiary/aromatic N) is 3. The van der Waals surface area contributed by atoms with E-state index in [2.05, 4.69) is 37.7 Å². The fourth-order valence-electron chi connectivity index (χ4n) is 1.51. The first-order chi connectivity index (χ1) is 8.74. The van der Waals surface area contributed by atoms with Gasteiger partial charge >= 0.3 is 0 Å². The summed E-state index contributed by atoms with van der Waals surface area (Å²) < 4.78 is 10.3. The number of ether oxygens (including phenoxy) is 2. The Labute approximate surface area is 117 Å². The van der Waals surface area contributed by atoms with Crippen molar-refractivity contribution < 1.29 is 9.47 Å². The van der Waals surface area contributed by atoms with Crippen LogP contribution in [0, 0.1) is 0 Å². The highest BCUT2D eigenvalue weighted by Gasteiger charge is 2.12. The molecule has 1 aromatic heterocycles. The second-order valence-electron chi connectivity index (χ2n) is 3.78. The number of anilines is 1. The molecule has 0 unspecified atom stereocenters. The molecule has 0 aliphatic rings. The molecule has 1 rings (SSSR count). The van der Waals surface area contributed by atoms with Crippen molar-refractivity contribution in [2.24, 2.45) is 0 Å². The van der Waals surface area contributed by atoms with E-state index in [1.165, 1.54) is 0 Å². The molecule has 5 nitrogen and oxygen atoms in total. The predicted octanol–water partition coefficient (Wildman–Crippen LogP) is 2.50. The van der Waals surface area contributed by atoms with Crippen molar-refractivity contribution in [1.82, 2.24) is 9.97 Å². The average molecular weight is 318 g/mol. The summed E-state index contributed by atoms with van der Waals surface area (Å²) in [5.41, 5.74) is 0. The van der Waals surface area contributed by atoms with Gasteiger partial charge in [-0.05, 0) is 6.42 Å². The number of alkyl halides is 1. The third kappa shape index (κ3) is 4.33. The number of rotatable bonds is 8. The summed E-state index contributed by atoms with van der Waals surface area (Å²) in [6, 6.07) is 1.68. The molecule has 0 radical (unpaired) electrons. The second-order valence-corrected chi connectivity index (χ2v) is 4.58. The average Bonchev–Trinajstić information content (AvgIpc) is 2.42. The SMILES string of the molecule is CCCCN(CCBr)c1nc(OC)cc(OC)n1. The largest absolute Gasteiger partial charge is 0.481 e. The van der Waals surface area contributed by atoms with E-state index in [4.69, 9.17) is 9.47 Å². The number of hydrogen-bond donors (Lipinski definition) is 0. The molecule has 0 aliphatic heterocycles. The van der Waals surface area contributed by atoms with Crippen LogP contribution in [-0.4, -0.2) is 42.6 Å². The first-order valence-electron chi connectivity index (χ1n) is 6.03. The number of aromatic nitrogens is 2. The summed E-state index contributed by atoms with van der Waals surface area (Å²) in [7, 11) is 3.18. The summed E-state index contributed by atoms with van der Waals surface area (Å²) in [4.78, 5) is 10.9. The van der Waals surface area contributed by atoms with Gasteiger partial charge in [-0.1, -0.05) is 29.3 Å². The molecular formula is C12H20BrN3O2. The fourth-order valence-corrected chi connectivity index (χ4v) is 1.93. The summed E-state index contributed by atoms with van der Waals surface area (Å²) in [6.07, 6.45) is 2.25. The maximum Gasteiger partial charge on any atom is 0.231 e. The van der Waals surface area contributed by atoms with E-state index >= 15 is 0 Å². The zero-order valence-corrected chi connectivity index (χ0v) is 12.7. The van der Waals surface area contributed by atoms with Crippen LogP contribution in [-0.2, 0) is 0 Å². The van der Waals surface area contributed by atoms with Crippen molar-refractivity contribution in [1.29, 1.82) is 0 Å². The molecule has 6 heteroatoms. The Kier molecular flexibility index (Phi) is 6.78. The number of unbranched alkanes of at least 4 members (excludes halogenated alkanes) is 1. The standard InChI is InChI=1S/C12H20BrN3O2/c1-4-5-7-16(8-6-13)12-14-10(17-2)9-11(15-12)18-3/h9H,4-8H2,1-3H3. The van der Waals surface area contributed by atoms with E-state index in [-0.39, 0.29) is 0 Å². The Morgan fingerprint density at radius 3 is 2.22 bits per heavy atom. The minimum absolute atomic E-state index is 0.521. The lowest BCUT2D eigenvalue weighted by atomic mass is 10.3. The quantitative estimate of drug-likeness (QED) is 0.689. The molecule has 0 saturated heterocycles. The highest BCUT2D eigenvalue weighted by atomic mass is 79.9. The summed E-state index contributed by atoms with van der Waals surface area (Å²) in [6.45, 7) is 3.95. The van der Waals surface area contributed by atoms with Crippen molar-refractivity contribution in [2.45, 2.75) is 19.8 Å². The zero-order chi connectivity index (χ0) is 13.4. The monoisotopic (exact) mass is 317 g/mol. The number of halogens is 1. The van der Waals surface area contributed by atoms with Crippen LogP contribution < -0.4 is 14.4 Å². The minimum atomic E-state index is 0.521.